The summed E-state index contributed by atoms with van der Waals surface area (Å²) in [6.45, 7) is 2.94. The van der Waals surface area contributed by atoms with Gasteiger partial charge in [0.25, 0.3) is 5.91 Å². The van der Waals surface area contributed by atoms with Crippen LogP contribution >= 0.6 is 23.5 Å². The fourth-order valence-corrected chi connectivity index (χ4v) is 6.37. The number of hydrogen-bond donors (Lipinski definition) is 2. The molecule has 0 aromatic heterocycles. The molecule has 36 heavy (non-hydrogen) atoms. The minimum absolute atomic E-state index is 0.140. The van der Waals surface area contributed by atoms with Crippen LogP contribution in [0.5, 0.6) is 5.75 Å². The maximum Gasteiger partial charge on any atom is 0.269 e. The molecule has 7 nitrogen and oxygen atoms in total. The zero-order valence-corrected chi connectivity index (χ0v) is 21.4. The number of hydrogen-bond acceptors (Lipinski definition) is 8. The van der Waals surface area contributed by atoms with Crippen LogP contribution in [0.3, 0.4) is 0 Å². The average molecular weight is 514 g/mol. The first kappa shape index (κ1) is 23.9. The van der Waals surface area contributed by atoms with E-state index in [1.807, 2.05) is 55.3 Å². The summed E-state index contributed by atoms with van der Waals surface area (Å²) in [6.07, 6.45) is 0. The van der Waals surface area contributed by atoms with Crippen molar-refractivity contribution in [3.05, 3.63) is 87.8 Å². The number of para-hydroxylation sites is 1. The molecule has 2 aliphatic rings. The number of thioether (sulfide) groups is 2. The second-order valence-corrected chi connectivity index (χ2v) is 10.2. The van der Waals surface area contributed by atoms with Gasteiger partial charge in [0.1, 0.15) is 10.7 Å². The molecule has 1 amide bonds. The summed E-state index contributed by atoms with van der Waals surface area (Å²) in [4.78, 5) is 24.0. The van der Waals surface area contributed by atoms with Crippen LogP contribution in [0.25, 0.3) is 0 Å². The van der Waals surface area contributed by atoms with E-state index in [2.05, 4.69) is 11.4 Å². The molecule has 0 atom stereocenters. The average Bonchev–Trinajstić information content (AvgIpc) is 3.37. The van der Waals surface area contributed by atoms with E-state index in [4.69, 9.17) is 4.99 Å². The van der Waals surface area contributed by atoms with Gasteiger partial charge in [-0.1, -0.05) is 36.0 Å². The maximum atomic E-state index is 13.8. The number of nitrogens with zero attached hydrogens (tertiary/aromatic N) is 4. The van der Waals surface area contributed by atoms with E-state index in [9.17, 15) is 15.2 Å². The highest BCUT2D eigenvalue weighted by molar-refractivity contribution is 8.19. The highest BCUT2D eigenvalue weighted by Gasteiger charge is 2.39. The molecule has 3 aromatic carbocycles. The first-order valence-electron chi connectivity index (χ1n) is 11.4. The number of nitriles is 1. The third-order valence-electron chi connectivity index (χ3n) is 5.76. The van der Waals surface area contributed by atoms with E-state index in [0.717, 1.165) is 26.9 Å². The van der Waals surface area contributed by atoms with Gasteiger partial charge in [0.05, 0.1) is 40.3 Å². The van der Waals surface area contributed by atoms with Crippen molar-refractivity contribution in [3.63, 3.8) is 0 Å². The lowest BCUT2D eigenvalue weighted by molar-refractivity contribution is -0.122. The topological polar surface area (TPSA) is 92.0 Å². The zero-order valence-electron chi connectivity index (χ0n) is 19.7. The van der Waals surface area contributed by atoms with Gasteiger partial charge in [-0.25, -0.2) is 4.99 Å². The summed E-state index contributed by atoms with van der Waals surface area (Å²) < 4.78 is 0. The smallest absolute Gasteiger partial charge is 0.269 e. The van der Waals surface area contributed by atoms with Crippen molar-refractivity contribution in [2.24, 2.45) is 4.99 Å². The van der Waals surface area contributed by atoms with E-state index in [1.165, 1.54) is 11.8 Å². The standard InChI is InChI=1S/C27H23N5O2S2/c1-3-29-20-12-11-17(15-28)14-21(20)30-27-32(16-18-7-6-8-19(33)13-18)25(34)24(36-27)26-31(2)22-9-4-5-10-23(22)35-26/h4-14,29,33H,3,16H2,1-2H3/b26-24-,30-27?. The monoisotopic (exact) mass is 513 g/mol. The molecular weight excluding hydrogens is 490 g/mol. The molecule has 5 rings (SSSR count). The van der Waals surface area contributed by atoms with Gasteiger partial charge in [-0.3, -0.25) is 9.69 Å². The molecule has 3 aromatic rings. The molecule has 1 fully saturated rings. The first-order chi connectivity index (χ1) is 17.5. The van der Waals surface area contributed by atoms with E-state index in [-0.39, 0.29) is 18.2 Å². The van der Waals surface area contributed by atoms with Gasteiger partial charge in [0.15, 0.2) is 5.17 Å². The number of carbonyl (C=O) groups is 1. The number of fused-ring (bicyclic) bond motifs is 1. The summed E-state index contributed by atoms with van der Waals surface area (Å²) in [6, 6.07) is 22.4. The Kier molecular flexibility index (Phi) is 6.63. The van der Waals surface area contributed by atoms with Gasteiger partial charge in [-0.15, -0.1) is 0 Å². The van der Waals surface area contributed by atoms with Crippen LogP contribution in [0.1, 0.15) is 18.1 Å². The molecule has 0 unspecified atom stereocenters. The van der Waals surface area contributed by atoms with Gasteiger partial charge in [0.2, 0.25) is 0 Å². The van der Waals surface area contributed by atoms with Crippen LogP contribution in [0.2, 0.25) is 0 Å². The molecule has 0 radical (unpaired) electrons. The van der Waals surface area contributed by atoms with Gasteiger partial charge >= 0.3 is 0 Å². The molecule has 180 valence electrons. The molecule has 9 heteroatoms. The second kappa shape index (κ2) is 10.0. The number of phenols is 1. The predicted octanol–water partition coefficient (Wildman–Crippen LogP) is 5.87. The highest BCUT2D eigenvalue weighted by Crippen LogP contribution is 2.50. The predicted molar refractivity (Wildman–Crippen MR) is 146 cm³/mol. The molecule has 2 aliphatic heterocycles. The molecular formula is C27H23N5O2S2. The summed E-state index contributed by atoms with van der Waals surface area (Å²) in [7, 11) is 1.96. The Labute approximate surface area is 218 Å². The molecule has 2 heterocycles. The van der Waals surface area contributed by atoms with E-state index < -0.39 is 0 Å². The number of rotatable bonds is 5. The highest BCUT2D eigenvalue weighted by atomic mass is 32.2. The molecule has 1 saturated heterocycles. The molecule has 0 saturated carbocycles. The van der Waals surface area contributed by atoms with Crippen LogP contribution in [-0.4, -0.2) is 34.7 Å². The number of benzene rings is 3. The Morgan fingerprint density at radius 2 is 1.92 bits per heavy atom. The van der Waals surface area contributed by atoms with Crippen LogP contribution < -0.4 is 10.2 Å². The van der Waals surface area contributed by atoms with Gasteiger partial charge in [-0.2, -0.15) is 5.26 Å². The Hall–Kier alpha value is -3.87. The van der Waals surface area contributed by atoms with Crippen LogP contribution in [0.4, 0.5) is 17.1 Å². The molecule has 0 bridgehead atoms. The fourth-order valence-electron chi connectivity index (χ4n) is 4.03. The lowest BCUT2D eigenvalue weighted by Gasteiger charge is -2.17. The number of anilines is 2. The summed E-state index contributed by atoms with van der Waals surface area (Å²) in [5.41, 5.74) is 3.71. The minimum atomic E-state index is -0.148. The Bertz CT molecular complexity index is 1460. The Morgan fingerprint density at radius 3 is 2.67 bits per heavy atom. The van der Waals surface area contributed by atoms with E-state index in [1.54, 1.807) is 47.0 Å². The SMILES string of the molecule is CCNc1ccc(C#N)cc1N=C1S/C(=C2\Sc3ccccc3N2C)C(=O)N1Cc1cccc(O)c1. The van der Waals surface area contributed by atoms with Crippen molar-refractivity contribution in [3.8, 4) is 11.8 Å². The Balaban J connectivity index is 1.60. The molecule has 0 spiro atoms. The van der Waals surface area contributed by atoms with Gasteiger partial charge in [-0.05, 0) is 66.7 Å². The van der Waals surface area contributed by atoms with Crippen LogP contribution in [-0.2, 0) is 11.3 Å². The Morgan fingerprint density at radius 1 is 1.08 bits per heavy atom. The maximum absolute atomic E-state index is 13.8. The second-order valence-electron chi connectivity index (χ2n) is 8.19. The lowest BCUT2D eigenvalue weighted by Crippen LogP contribution is -2.29. The van der Waals surface area contributed by atoms with Crippen molar-refractivity contribution in [1.29, 1.82) is 5.26 Å². The molecule has 0 aliphatic carbocycles. The number of phenolic OH excluding ortho intramolecular Hbond substituents is 1. The third-order valence-corrected chi connectivity index (χ3v) is 8.19. The van der Waals surface area contributed by atoms with Crippen molar-refractivity contribution in [2.45, 2.75) is 18.4 Å². The number of carbonyl (C=O) groups excluding carboxylic acids is 1. The normalized spacial score (nSPS) is 18.0. The fraction of sp³-hybridized carbons (Fsp3) is 0.148. The number of amidine groups is 1. The number of amides is 1. The zero-order chi connectivity index (χ0) is 25.2. The molecule has 2 N–H and O–H groups in total. The largest absolute Gasteiger partial charge is 0.508 e. The quantitative estimate of drug-likeness (QED) is 0.412. The van der Waals surface area contributed by atoms with E-state index in [0.29, 0.717) is 27.9 Å². The third kappa shape index (κ3) is 4.53. The summed E-state index contributed by atoms with van der Waals surface area (Å²) >= 11 is 2.90. The van der Waals surface area contributed by atoms with Crippen LogP contribution in [0.15, 0.2) is 86.6 Å². The van der Waals surface area contributed by atoms with E-state index >= 15 is 0 Å². The van der Waals surface area contributed by atoms with Crippen molar-refractivity contribution in [1.82, 2.24) is 4.90 Å². The number of aliphatic imine (C=N–C) groups is 1. The van der Waals surface area contributed by atoms with Crippen molar-refractivity contribution < 1.29 is 9.90 Å². The number of aromatic hydroxyl groups is 1. The van der Waals surface area contributed by atoms with Crippen molar-refractivity contribution >= 4 is 51.7 Å². The summed E-state index contributed by atoms with van der Waals surface area (Å²) in [5.74, 6) is -0.00719. The van der Waals surface area contributed by atoms with Crippen molar-refractivity contribution in [2.75, 3.05) is 23.8 Å². The first-order valence-corrected chi connectivity index (χ1v) is 13.0. The summed E-state index contributed by atoms with van der Waals surface area (Å²) in [5, 5.41) is 24.1. The minimum Gasteiger partial charge on any atom is -0.508 e. The number of nitrogens with one attached hydrogen (secondary N) is 1. The van der Waals surface area contributed by atoms with Gasteiger partial charge < -0.3 is 15.3 Å². The van der Waals surface area contributed by atoms with Gasteiger partial charge in [0, 0.05) is 18.5 Å². The van der Waals surface area contributed by atoms with Crippen LogP contribution in [0, 0.1) is 11.3 Å². The lowest BCUT2D eigenvalue weighted by atomic mass is 10.2.